The summed E-state index contributed by atoms with van der Waals surface area (Å²) in [6.45, 7) is 5.57. The zero-order chi connectivity index (χ0) is 21.9. The maximum atomic E-state index is 5.67. The van der Waals surface area contributed by atoms with E-state index in [9.17, 15) is 0 Å². The third-order valence-electron chi connectivity index (χ3n) is 9.16. The predicted molar refractivity (Wildman–Crippen MR) is 127 cm³/mol. The molecule has 2 spiro atoms. The smallest absolute Gasteiger partial charge is 0.119 e. The number of hydrogen-bond donors (Lipinski definition) is 2. The van der Waals surface area contributed by atoms with Gasteiger partial charge in [0.25, 0.3) is 0 Å². The molecule has 4 aliphatic rings. The number of nitrogens with one attached hydrogen (secondary N) is 2. The minimum Gasteiger partial charge on any atom is -0.497 e. The second kappa shape index (κ2) is 10.0. The van der Waals surface area contributed by atoms with Crippen LogP contribution in [0.2, 0.25) is 0 Å². The van der Waals surface area contributed by atoms with Crippen molar-refractivity contribution in [3.05, 3.63) is 29.3 Å². The molecule has 0 aromatic heterocycles. The minimum absolute atomic E-state index is 0.460. The SMILES string of the molecule is COc1cc(CNC2CCCC23CCOCC3)cc(CNC2CCCC23CCOCC3)c1. The van der Waals surface area contributed by atoms with Crippen molar-refractivity contribution in [2.75, 3.05) is 33.5 Å². The van der Waals surface area contributed by atoms with Crippen LogP contribution in [0, 0.1) is 10.8 Å². The van der Waals surface area contributed by atoms with Crippen molar-refractivity contribution in [3.63, 3.8) is 0 Å². The van der Waals surface area contributed by atoms with Gasteiger partial charge in [0.2, 0.25) is 0 Å². The normalized spacial score (nSPS) is 29.0. The van der Waals surface area contributed by atoms with Crippen LogP contribution in [0.3, 0.4) is 0 Å². The monoisotopic (exact) mass is 442 g/mol. The van der Waals surface area contributed by atoms with E-state index in [2.05, 4.69) is 28.8 Å². The van der Waals surface area contributed by atoms with E-state index in [0.29, 0.717) is 22.9 Å². The molecule has 2 saturated heterocycles. The van der Waals surface area contributed by atoms with Crippen molar-refractivity contribution in [3.8, 4) is 5.75 Å². The molecule has 5 heteroatoms. The molecule has 2 atom stereocenters. The first-order valence-corrected chi connectivity index (χ1v) is 13.0. The Labute approximate surface area is 194 Å². The molecule has 32 heavy (non-hydrogen) atoms. The molecule has 2 unspecified atom stereocenters. The Bertz CT molecular complexity index is 697. The molecule has 4 fully saturated rings. The molecule has 0 bridgehead atoms. The zero-order valence-electron chi connectivity index (χ0n) is 19.9. The van der Waals surface area contributed by atoms with Crippen LogP contribution >= 0.6 is 0 Å². The summed E-state index contributed by atoms with van der Waals surface area (Å²) in [6.07, 6.45) is 12.9. The minimum atomic E-state index is 0.460. The third-order valence-corrected chi connectivity index (χ3v) is 9.16. The van der Waals surface area contributed by atoms with Gasteiger partial charge < -0.3 is 24.8 Å². The first-order chi connectivity index (χ1) is 15.7. The molecule has 2 aliphatic heterocycles. The maximum absolute atomic E-state index is 5.67. The van der Waals surface area contributed by atoms with Crippen molar-refractivity contribution in [1.29, 1.82) is 0 Å². The molecule has 2 heterocycles. The van der Waals surface area contributed by atoms with E-state index >= 15 is 0 Å². The Kier molecular flexibility index (Phi) is 7.08. The quantitative estimate of drug-likeness (QED) is 0.648. The highest BCUT2D eigenvalue weighted by molar-refractivity contribution is 5.34. The van der Waals surface area contributed by atoms with Crippen LogP contribution in [0.25, 0.3) is 0 Å². The summed E-state index contributed by atoms with van der Waals surface area (Å²) in [5, 5.41) is 7.87. The zero-order valence-corrected chi connectivity index (χ0v) is 19.9. The highest BCUT2D eigenvalue weighted by Crippen LogP contribution is 2.47. The van der Waals surface area contributed by atoms with Crippen molar-refractivity contribution in [1.82, 2.24) is 10.6 Å². The summed E-state index contributed by atoms with van der Waals surface area (Å²) in [5.74, 6) is 0.973. The average Bonchev–Trinajstić information content (AvgIpc) is 3.40. The molecule has 5 nitrogen and oxygen atoms in total. The van der Waals surface area contributed by atoms with Gasteiger partial charge in [0.05, 0.1) is 7.11 Å². The van der Waals surface area contributed by atoms with Gasteiger partial charge in [-0.3, -0.25) is 0 Å². The van der Waals surface area contributed by atoms with E-state index in [1.165, 1.54) is 75.3 Å². The molecule has 2 aliphatic carbocycles. The molecule has 2 saturated carbocycles. The molecular formula is C27H42N2O3. The lowest BCUT2D eigenvalue weighted by Gasteiger charge is -2.39. The first kappa shape index (κ1) is 22.6. The topological polar surface area (TPSA) is 51.8 Å². The van der Waals surface area contributed by atoms with Gasteiger partial charge in [-0.2, -0.15) is 0 Å². The van der Waals surface area contributed by atoms with E-state index in [4.69, 9.17) is 14.2 Å². The van der Waals surface area contributed by atoms with Crippen LogP contribution in [0.4, 0.5) is 0 Å². The molecule has 0 radical (unpaired) electrons. The molecule has 0 amide bonds. The predicted octanol–water partition coefficient (Wildman–Crippen LogP) is 4.57. The van der Waals surface area contributed by atoms with Crippen molar-refractivity contribution in [2.24, 2.45) is 10.8 Å². The van der Waals surface area contributed by atoms with Crippen LogP contribution in [-0.2, 0) is 22.6 Å². The summed E-state index contributed by atoms with van der Waals surface area (Å²) >= 11 is 0. The van der Waals surface area contributed by atoms with Crippen LogP contribution in [0.15, 0.2) is 18.2 Å². The van der Waals surface area contributed by atoms with E-state index in [1.807, 2.05) is 0 Å². The first-order valence-electron chi connectivity index (χ1n) is 13.0. The summed E-state index contributed by atoms with van der Waals surface area (Å²) in [7, 11) is 1.78. The van der Waals surface area contributed by atoms with Crippen LogP contribution in [0.5, 0.6) is 5.75 Å². The van der Waals surface area contributed by atoms with Crippen molar-refractivity contribution in [2.45, 2.75) is 89.4 Å². The summed E-state index contributed by atoms with van der Waals surface area (Å²) in [5.41, 5.74) is 3.59. The second-order valence-electron chi connectivity index (χ2n) is 10.8. The second-order valence-corrected chi connectivity index (χ2v) is 10.8. The Morgan fingerprint density at radius 1 is 0.750 bits per heavy atom. The van der Waals surface area contributed by atoms with Crippen molar-refractivity contribution >= 4 is 0 Å². The number of methoxy groups -OCH3 is 1. The summed E-state index contributed by atoms with van der Waals surface area (Å²) in [4.78, 5) is 0. The highest BCUT2D eigenvalue weighted by Gasteiger charge is 2.44. The third kappa shape index (κ3) is 4.72. The van der Waals surface area contributed by atoms with E-state index in [0.717, 1.165) is 45.3 Å². The fourth-order valence-electron chi connectivity index (χ4n) is 7.20. The van der Waals surface area contributed by atoms with Crippen molar-refractivity contribution < 1.29 is 14.2 Å². The summed E-state index contributed by atoms with van der Waals surface area (Å²) in [6, 6.07) is 8.02. The van der Waals surface area contributed by atoms with Gasteiger partial charge in [-0.25, -0.2) is 0 Å². The Hall–Kier alpha value is -1.14. The van der Waals surface area contributed by atoms with Gasteiger partial charge in [0, 0.05) is 51.6 Å². The van der Waals surface area contributed by atoms with Gasteiger partial charge in [0.1, 0.15) is 5.75 Å². The number of ether oxygens (including phenoxy) is 3. The average molecular weight is 443 g/mol. The molecule has 2 N–H and O–H groups in total. The Morgan fingerprint density at radius 3 is 1.66 bits per heavy atom. The summed E-state index contributed by atoms with van der Waals surface area (Å²) < 4.78 is 17.0. The fraction of sp³-hybridized carbons (Fsp3) is 0.778. The number of hydrogen-bond acceptors (Lipinski definition) is 5. The molecule has 1 aromatic rings. The van der Waals surface area contributed by atoms with Crippen LogP contribution < -0.4 is 15.4 Å². The van der Waals surface area contributed by atoms with Crippen LogP contribution in [-0.4, -0.2) is 45.6 Å². The Balaban J connectivity index is 1.22. The molecular weight excluding hydrogens is 400 g/mol. The van der Waals surface area contributed by atoms with Gasteiger partial charge in [0.15, 0.2) is 0 Å². The van der Waals surface area contributed by atoms with Gasteiger partial charge >= 0.3 is 0 Å². The van der Waals surface area contributed by atoms with Gasteiger partial charge in [-0.05, 0) is 85.5 Å². The van der Waals surface area contributed by atoms with Gasteiger partial charge in [-0.15, -0.1) is 0 Å². The molecule has 1 aromatic carbocycles. The maximum Gasteiger partial charge on any atom is 0.119 e. The Morgan fingerprint density at radius 2 is 1.22 bits per heavy atom. The van der Waals surface area contributed by atoms with Gasteiger partial charge in [-0.1, -0.05) is 18.9 Å². The van der Waals surface area contributed by atoms with E-state index in [1.54, 1.807) is 7.11 Å². The lowest BCUT2D eigenvalue weighted by Crippen LogP contribution is -2.44. The number of rotatable bonds is 7. The lowest BCUT2D eigenvalue weighted by molar-refractivity contribution is 0.00412. The highest BCUT2D eigenvalue weighted by atomic mass is 16.5. The number of benzene rings is 1. The fourth-order valence-corrected chi connectivity index (χ4v) is 7.20. The lowest BCUT2D eigenvalue weighted by atomic mass is 9.75. The van der Waals surface area contributed by atoms with Crippen LogP contribution in [0.1, 0.15) is 75.3 Å². The molecule has 5 rings (SSSR count). The van der Waals surface area contributed by atoms with E-state index < -0.39 is 0 Å². The molecule has 178 valence electrons. The standard InChI is InChI=1S/C27H42N2O3/c1-30-23-17-21(19-28-24-4-2-6-26(24)8-12-31-13-9-26)16-22(18-23)20-29-25-5-3-7-27(25)10-14-32-15-11-27/h16-18,24-25,28-29H,2-15,19-20H2,1H3. The largest absolute Gasteiger partial charge is 0.497 e. The van der Waals surface area contributed by atoms with E-state index in [-0.39, 0.29) is 0 Å².